The van der Waals surface area contributed by atoms with Gasteiger partial charge in [0.25, 0.3) is 0 Å². The smallest absolute Gasteiger partial charge is 0.0573 e. The topological polar surface area (TPSA) is 19.4 Å². The van der Waals surface area contributed by atoms with Crippen molar-refractivity contribution < 1.29 is 0 Å². The van der Waals surface area contributed by atoms with Gasteiger partial charge >= 0.3 is 0 Å². The quantitative estimate of drug-likeness (QED) is 0.798. The number of pyridine rings is 1. The Labute approximate surface area is 110 Å². The van der Waals surface area contributed by atoms with Crippen LogP contribution in [0.5, 0.6) is 0 Å². The molecule has 3 heteroatoms. The molecule has 3 heterocycles. The molecule has 2 aliphatic heterocycles. The minimum absolute atomic E-state index is 1.20. The second kappa shape index (κ2) is 5.59. The monoisotopic (exact) mass is 245 g/mol. The molecule has 0 atom stereocenters. The Morgan fingerprint density at radius 1 is 0.667 bits per heavy atom. The van der Waals surface area contributed by atoms with E-state index in [1.807, 2.05) is 12.4 Å². The highest BCUT2D eigenvalue weighted by Gasteiger charge is 2.15. The van der Waals surface area contributed by atoms with Crippen LogP contribution >= 0.6 is 0 Å². The van der Waals surface area contributed by atoms with Gasteiger partial charge in [0, 0.05) is 26.2 Å². The van der Waals surface area contributed by atoms with Gasteiger partial charge in [-0.15, -0.1) is 0 Å². The van der Waals surface area contributed by atoms with E-state index < -0.39 is 0 Å². The van der Waals surface area contributed by atoms with Crippen LogP contribution in [0.15, 0.2) is 18.5 Å². The van der Waals surface area contributed by atoms with Gasteiger partial charge in [0.15, 0.2) is 0 Å². The molecule has 0 amide bonds. The van der Waals surface area contributed by atoms with E-state index in [1.54, 1.807) is 0 Å². The molecule has 3 nitrogen and oxygen atoms in total. The zero-order valence-corrected chi connectivity index (χ0v) is 11.1. The number of piperidine rings is 2. The number of rotatable bonds is 2. The predicted octanol–water partition coefficient (Wildman–Crippen LogP) is 3.06. The zero-order valence-electron chi connectivity index (χ0n) is 11.1. The van der Waals surface area contributed by atoms with E-state index >= 15 is 0 Å². The van der Waals surface area contributed by atoms with Gasteiger partial charge in [0.05, 0.1) is 23.8 Å². The van der Waals surface area contributed by atoms with Crippen molar-refractivity contribution in [2.45, 2.75) is 38.5 Å². The molecule has 0 aromatic carbocycles. The van der Waals surface area contributed by atoms with Crippen LogP contribution in [-0.2, 0) is 0 Å². The van der Waals surface area contributed by atoms with E-state index in [1.165, 1.54) is 76.1 Å². The van der Waals surface area contributed by atoms with Crippen molar-refractivity contribution in [3.05, 3.63) is 18.5 Å². The van der Waals surface area contributed by atoms with E-state index in [4.69, 9.17) is 0 Å². The molecule has 3 rings (SSSR count). The van der Waals surface area contributed by atoms with Crippen molar-refractivity contribution in [3.63, 3.8) is 0 Å². The third-order valence-corrected chi connectivity index (χ3v) is 4.15. The molecule has 0 N–H and O–H groups in total. The fourth-order valence-electron chi connectivity index (χ4n) is 3.07. The lowest BCUT2D eigenvalue weighted by Gasteiger charge is -2.32. The summed E-state index contributed by atoms with van der Waals surface area (Å²) in [5.74, 6) is 0. The van der Waals surface area contributed by atoms with Crippen LogP contribution in [0.2, 0.25) is 0 Å². The van der Waals surface area contributed by atoms with Gasteiger partial charge in [-0.05, 0) is 44.6 Å². The van der Waals surface area contributed by atoms with Gasteiger partial charge < -0.3 is 9.80 Å². The lowest BCUT2D eigenvalue weighted by molar-refractivity contribution is 0.572. The molecule has 0 spiro atoms. The second-order valence-electron chi connectivity index (χ2n) is 5.50. The van der Waals surface area contributed by atoms with Crippen LogP contribution in [0.25, 0.3) is 0 Å². The lowest BCUT2D eigenvalue weighted by Crippen LogP contribution is -2.31. The summed E-state index contributed by atoms with van der Waals surface area (Å²) in [6.45, 7) is 4.80. The largest absolute Gasteiger partial charge is 0.370 e. The molecule has 18 heavy (non-hydrogen) atoms. The van der Waals surface area contributed by atoms with Gasteiger partial charge in [-0.2, -0.15) is 0 Å². The molecule has 1 aromatic rings. The summed E-state index contributed by atoms with van der Waals surface area (Å²) in [6.07, 6.45) is 12.1. The maximum Gasteiger partial charge on any atom is 0.0573 e. The summed E-state index contributed by atoms with van der Waals surface area (Å²) in [6, 6.07) is 2.34. The number of anilines is 2. The third kappa shape index (κ3) is 2.60. The highest BCUT2D eigenvalue weighted by atomic mass is 15.2. The molecule has 2 aliphatic rings. The minimum Gasteiger partial charge on any atom is -0.370 e. The second-order valence-corrected chi connectivity index (χ2v) is 5.50. The average molecular weight is 245 g/mol. The van der Waals surface area contributed by atoms with Gasteiger partial charge in [-0.3, -0.25) is 4.98 Å². The Morgan fingerprint density at radius 3 is 1.56 bits per heavy atom. The van der Waals surface area contributed by atoms with Crippen LogP contribution < -0.4 is 9.80 Å². The van der Waals surface area contributed by atoms with Crippen molar-refractivity contribution in [1.29, 1.82) is 0 Å². The highest BCUT2D eigenvalue weighted by molar-refractivity contribution is 5.57. The molecule has 2 saturated heterocycles. The van der Waals surface area contributed by atoms with Gasteiger partial charge in [-0.1, -0.05) is 0 Å². The fraction of sp³-hybridized carbons (Fsp3) is 0.667. The fourth-order valence-corrected chi connectivity index (χ4v) is 3.07. The standard InChI is InChI=1S/C15H23N3/c1-3-7-17(8-4-1)14-11-15(13-16-12-14)18-9-5-2-6-10-18/h11-13H,1-10H2. The first kappa shape index (κ1) is 11.8. The van der Waals surface area contributed by atoms with Gasteiger partial charge in [0.1, 0.15) is 0 Å². The Balaban J connectivity index is 1.75. The van der Waals surface area contributed by atoms with Crippen molar-refractivity contribution in [1.82, 2.24) is 4.98 Å². The Bertz CT molecular complexity index is 346. The van der Waals surface area contributed by atoms with Crippen molar-refractivity contribution in [3.8, 4) is 0 Å². The maximum atomic E-state index is 4.45. The summed E-state index contributed by atoms with van der Waals surface area (Å²) in [5, 5.41) is 0. The number of hydrogen-bond acceptors (Lipinski definition) is 3. The SMILES string of the molecule is c1ncc(N2CCCCC2)cc1N1CCCCC1. The Kier molecular flexibility index (Phi) is 3.67. The van der Waals surface area contributed by atoms with Crippen LogP contribution in [0.4, 0.5) is 11.4 Å². The summed E-state index contributed by atoms with van der Waals surface area (Å²) in [4.78, 5) is 9.43. The van der Waals surface area contributed by atoms with Crippen LogP contribution in [0.3, 0.4) is 0 Å². The molecule has 0 saturated carbocycles. The summed E-state index contributed by atoms with van der Waals surface area (Å²) in [7, 11) is 0. The molecule has 0 unspecified atom stereocenters. The van der Waals surface area contributed by atoms with Gasteiger partial charge in [-0.25, -0.2) is 0 Å². The summed E-state index contributed by atoms with van der Waals surface area (Å²) < 4.78 is 0. The van der Waals surface area contributed by atoms with E-state index in [9.17, 15) is 0 Å². The molecule has 0 aliphatic carbocycles. The molecule has 2 fully saturated rings. The lowest BCUT2D eigenvalue weighted by atomic mass is 10.1. The number of aromatic nitrogens is 1. The van der Waals surface area contributed by atoms with E-state index in [-0.39, 0.29) is 0 Å². The Hall–Kier alpha value is -1.25. The van der Waals surface area contributed by atoms with Crippen molar-refractivity contribution in [2.75, 3.05) is 36.0 Å². The first-order valence-corrected chi connectivity index (χ1v) is 7.38. The van der Waals surface area contributed by atoms with Crippen LogP contribution in [-0.4, -0.2) is 31.2 Å². The van der Waals surface area contributed by atoms with Crippen molar-refractivity contribution in [2.24, 2.45) is 0 Å². The van der Waals surface area contributed by atoms with Gasteiger partial charge in [0.2, 0.25) is 0 Å². The average Bonchev–Trinajstić information content (AvgIpc) is 2.49. The van der Waals surface area contributed by atoms with E-state index in [2.05, 4.69) is 20.9 Å². The van der Waals surface area contributed by atoms with E-state index in [0.717, 1.165) is 0 Å². The molecular weight excluding hydrogens is 222 g/mol. The molecular formula is C15H23N3. The van der Waals surface area contributed by atoms with Crippen LogP contribution in [0, 0.1) is 0 Å². The highest BCUT2D eigenvalue weighted by Crippen LogP contribution is 2.25. The first-order chi connectivity index (χ1) is 8.93. The van der Waals surface area contributed by atoms with Crippen LogP contribution in [0.1, 0.15) is 38.5 Å². The number of hydrogen-bond donors (Lipinski definition) is 0. The number of nitrogens with zero attached hydrogens (tertiary/aromatic N) is 3. The molecule has 0 radical (unpaired) electrons. The molecule has 0 bridgehead atoms. The minimum atomic E-state index is 1.20. The normalized spacial score (nSPS) is 21.1. The zero-order chi connectivity index (χ0) is 12.2. The summed E-state index contributed by atoms with van der Waals surface area (Å²) in [5.41, 5.74) is 2.63. The maximum absolute atomic E-state index is 4.45. The predicted molar refractivity (Wildman–Crippen MR) is 76.4 cm³/mol. The first-order valence-electron chi connectivity index (χ1n) is 7.38. The molecule has 98 valence electrons. The van der Waals surface area contributed by atoms with Crippen molar-refractivity contribution >= 4 is 11.4 Å². The van der Waals surface area contributed by atoms with E-state index in [0.29, 0.717) is 0 Å². The summed E-state index contributed by atoms with van der Waals surface area (Å²) >= 11 is 0. The third-order valence-electron chi connectivity index (χ3n) is 4.15. The molecule has 1 aromatic heterocycles. The Morgan fingerprint density at radius 2 is 1.11 bits per heavy atom.